The molecule has 115 heavy (non-hydrogen) atoms. The van der Waals surface area contributed by atoms with Crippen molar-refractivity contribution in [2.75, 3.05) is 101 Å². The van der Waals surface area contributed by atoms with Gasteiger partial charge in [0.2, 0.25) is 5.88 Å². The molecule has 0 unspecified atom stereocenters. The number of hydrogen-bond acceptors (Lipinski definition) is 24. The number of carboxylic acids is 5. The molecule has 38 heteroatoms. The molecule has 6 N–H and O–H groups in total. The number of nitrogens with zero attached hydrogens (tertiary/aromatic N) is 12. The van der Waals surface area contributed by atoms with E-state index in [4.69, 9.17) is 14.2 Å². The summed E-state index contributed by atoms with van der Waals surface area (Å²) in [7, 11) is 8.50. The first-order chi connectivity index (χ1) is 54.9. The highest BCUT2D eigenvalue weighted by molar-refractivity contribution is 7.17. The number of likely N-dealkylation sites (N-methyl/N-ethyl adjacent to an activating group) is 3. The third-order valence-corrected chi connectivity index (χ3v) is 20.0. The largest absolute Gasteiger partial charge is 0.490 e. The molecule has 13 aromatic rings. The van der Waals surface area contributed by atoms with Gasteiger partial charge in [-0.15, -0.1) is 34.0 Å². The molecule has 8 aromatic heterocycles. The highest BCUT2D eigenvalue weighted by atomic mass is 32.1. The molecular formula is C77H66F4N12O19S3. The lowest BCUT2D eigenvalue weighted by Crippen LogP contribution is -2.37. The molecule has 0 aliphatic carbocycles. The van der Waals surface area contributed by atoms with E-state index < -0.39 is 92.0 Å². The Morgan fingerprint density at radius 2 is 0.852 bits per heavy atom. The van der Waals surface area contributed by atoms with Crippen LogP contribution in [0, 0.1) is 30.2 Å². The number of fused-ring (bicyclic) bond motifs is 5. The predicted molar refractivity (Wildman–Crippen MR) is 422 cm³/mol. The van der Waals surface area contributed by atoms with Gasteiger partial charge in [-0.05, 0) is 129 Å². The van der Waals surface area contributed by atoms with E-state index >= 15 is 0 Å². The molecule has 2 aliphatic rings. The molecular weight excluding hydrogens is 1570 g/mol. The van der Waals surface area contributed by atoms with Gasteiger partial charge < -0.3 is 64.4 Å². The first-order valence-electron chi connectivity index (χ1n) is 34.1. The number of aryl methyl sites for hydroxylation is 1. The molecule has 5 aromatic carbocycles. The summed E-state index contributed by atoms with van der Waals surface area (Å²) in [5.41, 5.74) is 4.45. The number of carbonyl (C=O) groups is 5. The van der Waals surface area contributed by atoms with Crippen LogP contribution in [-0.2, 0) is 0 Å². The van der Waals surface area contributed by atoms with Crippen LogP contribution >= 0.6 is 34.0 Å². The van der Waals surface area contributed by atoms with E-state index in [9.17, 15) is 96.1 Å². The van der Waals surface area contributed by atoms with Crippen LogP contribution < -0.4 is 61.6 Å². The number of aliphatic hydroxyl groups is 1. The van der Waals surface area contributed by atoms with Crippen LogP contribution in [0.3, 0.4) is 0 Å². The number of thiazole rings is 3. The Labute approximate surface area is 657 Å². The quantitative estimate of drug-likeness (QED) is 0.0490. The fourth-order valence-corrected chi connectivity index (χ4v) is 14.7. The van der Waals surface area contributed by atoms with Gasteiger partial charge in [0.25, 0.3) is 27.8 Å². The van der Waals surface area contributed by atoms with Crippen LogP contribution in [0.1, 0.15) is 64.3 Å². The van der Waals surface area contributed by atoms with Gasteiger partial charge in [0, 0.05) is 47.8 Å². The van der Waals surface area contributed by atoms with E-state index in [1.54, 1.807) is 80.0 Å². The highest BCUT2D eigenvalue weighted by Gasteiger charge is 2.32. The van der Waals surface area contributed by atoms with Crippen molar-refractivity contribution < 1.29 is 86.4 Å². The summed E-state index contributed by atoms with van der Waals surface area (Å²) in [6, 6.07) is 30.8. The molecule has 0 saturated heterocycles. The topological polar surface area (TPSA) is 396 Å². The molecule has 0 radical (unpaired) electrons. The molecule has 2 aliphatic heterocycles. The number of benzene rings is 5. The number of aliphatic hydroxyl groups excluding tert-OH is 1. The monoisotopic (exact) mass is 1630 g/mol. The van der Waals surface area contributed by atoms with Crippen molar-refractivity contribution in [3.63, 3.8) is 0 Å². The smallest absolute Gasteiger partial charge is 0.345 e. The summed E-state index contributed by atoms with van der Waals surface area (Å²) in [4.78, 5) is 142. The van der Waals surface area contributed by atoms with Gasteiger partial charge in [0.05, 0.1) is 88.3 Å². The van der Waals surface area contributed by atoms with E-state index in [-0.39, 0.29) is 65.0 Å². The number of ether oxygens (including phenoxy) is 3. The van der Waals surface area contributed by atoms with Crippen molar-refractivity contribution in [1.82, 2.24) is 37.8 Å². The minimum absolute atomic E-state index is 0.0420. The molecule has 15 rings (SSSR count). The van der Waals surface area contributed by atoms with Crippen LogP contribution in [0.15, 0.2) is 174 Å². The van der Waals surface area contributed by atoms with E-state index in [0.29, 0.717) is 97.5 Å². The minimum Gasteiger partial charge on any atom is -0.490 e. The zero-order chi connectivity index (χ0) is 83.1. The average molecular weight is 1640 g/mol. The van der Waals surface area contributed by atoms with Gasteiger partial charge in [-0.3, -0.25) is 42.2 Å². The van der Waals surface area contributed by atoms with Crippen molar-refractivity contribution in [2.24, 2.45) is 0 Å². The number of aromatic nitrogens is 8. The first kappa shape index (κ1) is 82.1. The van der Waals surface area contributed by atoms with Gasteiger partial charge >= 0.3 is 29.8 Å². The maximum Gasteiger partial charge on any atom is 0.345 e. The van der Waals surface area contributed by atoms with E-state index in [1.165, 1.54) is 167 Å². The van der Waals surface area contributed by atoms with E-state index in [2.05, 4.69) is 15.0 Å². The van der Waals surface area contributed by atoms with Crippen molar-refractivity contribution in [3.8, 4) is 45.8 Å². The minimum atomic E-state index is -1.40. The van der Waals surface area contributed by atoms with Gasteiger partial charge in [-0.2, -0.15) is 0 Å². The Hall–Kier alpha value is -13.9. The molecule has 0 atom stereocenters. The number of pyridine rings is 5. The maximum atomic E-state index is 13.1. The summed E-state index contributed by atoms with van der Waals surface area (Å²) in [5.74, 6) is -7.49. The van der Waals surface area contributed by atoms with E-state index in [0.717, 1.165) is 10.1 Å². The Bertz CT molecular complexity index is 6250. The summed E-state index contributed by atoms with van der Waals surface area (Å²) >= 11 is 3.66. The predicted octanol–water partition coefficient (Wildman–Crippen LogP) is 9.92. The van der Waals surface area contributed by atoms with Crippen molar-refractivity contribution in [2.45, 2.75) is 13.8 Å². The summed E-state index contributed by atoms with van der Waals surface area (Å²) in [5, 5.41) is 56.2. The fraction of sp³-hybridized carbons (Fsp3) is 0.182. The fourth-order valence-electron chi connectivity index (χ4n) is 12.3. The molecule has 0 spiro atoms. The molecule has 31 nitrogen and oxygen atoms in total. The Kier molecular flexibility index (Phi) is 24.9. The van der Waals surface area contributed by atoms with Crippen LogP contribution in [0.4, 0.5) is 40.4 Å². The Balaban J connectivity index is 0.000000142. The standard InChI is InChI=1S/C17H17N3O4S.C15H12FN3O3S.C15H11FN2O4S.2C15H13FN2O4/c1-10-3-5-11(6-4-10)20-15(22)12(17(23)24)14(19(2)7-8-21)13-16(20)25-9-18-13;1-18(2)12-10(15(21)22)13(20)19(14-11(12)17-7-23-14)9-5-3-8(16)4-6-9;1-2-22-12-10(15(20)21)13(19)18(14-11(12)17-7-23-14)9-5-3-8(16)4-6-9;1-17-6-7-22-12-8-11(15(20)21)14(19)18(13(12)17)10-4-2-9(16)3-5-10;1-17-6-7-22-14-12(17)8-11(15(20)21)13(19)18(14)10-4-2-9(16)3-5-10/h3-6,9,21H,7-8H2,1-2H3,(H,23,24);3-7H,1-2H3,(H,21,22);3-7H,2H2,1H3,(H,20,21);2*2-5,8H,6-7H2,1H3,(H,20,21). The number of anilines is 4. The number of hydrogen-bond donors (Lipinski definition) is 6. The normalized spacial score (nSPS) is 11.9. The van der Waals surface area contributed by atoms with Crippen LogP contribution in [0.25, 0.3) is 59.5 Å². The van der Waals surface area contributed by atoms with Crippen molar-refractivity contribution >= 4 is 118 Å². The third kappa shape index (κ3) is 16.7. The van der Waals surface area contributed by atoms with Crippen molar-refractivity contribution in [1.29, 1.82) is 0 Å². The van der Waals surface area contributed by atoms with Gasteiger partial charge in [-0.1, -0.05) is 17.7 Å². The molecule has 0 saturated carbocycles. The van der Waals surface area contributed by atoms with Crippen molar-refractivity contribution in [3.05, 3.63) is 258 Å². The second-order valence-electron chi connectivity index (χ2n) is 25.1. The number of halogens is 4. The highest BCUT2D eigenvalue weighted by Crippen LogP contribution is 2.37. The van der Waals surface area contributed by atoms with Crippen LogP contribution in [0.5, 0.6) is 17.4 Å². The second-order valence-corrected chi connectivity index (χ2v) is 27.6. The summed E-state index contributed by atoms with van der Waals surface area (Å²) < 4.78 is 75.1. The maximum absolute atomic E-state index is 13.1. The lowest BCUT2D eigenvalue weighted by Gasteiger charge is -2.30. The SMILES string of the molecule is CCOc1c(C(=O)O)c(=O)n(-c2ccc(F)cc2)c2scnc12.CN(C)c1c(C(=O)O)c(=O)n(-c2ccc(F)cc2)c2scnc12.CN1CCOc2c1cc(C(=O)O)c(=O)n2-c1ccc(F)cc1.CN1CCOc2cc(C(=O)O)c(=O)n(-c3ccc(F)cc3)c21.Cc1ccc(-n2c(=O)c(C(=O)O)c(N(C)CCO)c3ncsc32)cc1. The zero-order valence-corrected chi connectivity index (χ0v) is 63.9. The number of aromatic carboxylic acids is 5. The van der Waals surface area contributed by atoms with E-state index in [1.807, 2.05) is 24.0 Å². The lowest BCUT2D eigenvalue weighted by atomic mass is 10.1. The van der Waals surface area contributed by atoms with Gasteiger partial charge in [-0.25, -0.2) is 61.1 Å². The van der Waals surface area contributed by atoms with Crippen LogP contribution in [0.2, 0.25) is 0 Å². The molecule has 0 bridgehead atoms. The number of rotatable bonds is 16. The Morgan fingerprint density at radius 1 is 0.478 bits per heavy atom. The molecule has 594 valence electrons. The first-order valence-corrected chi connectivity index (χ1v) is 36.8. The second kappa shape index (κ2) is 34.8. The third-order valence-electron chi connectivity index (χ3n) is 17.6. The lowest BCUT2D eigenvalue weighted by molar-refractivity contribution is 0.0680. The molecule has 0 fully saturated rings. The molecule has 10 heterocycles. The zero-order valence-electron chi connectivity index (χ0n) is 61.5. The molecule has 0 amide bonds. The average Bonchev–Trinajstić information content (AvgIpc) is 1.65. The number of carboxylic acid groups (broad SMARTS) is 5. The summed E-state index contributed by atoms with van der Waals surface area (Å²) in [6.07, 6.45) is 0. The summed E-state index contributed by atoms with van der Waals surface area (Å²) in [6.45, 7) is 5.75. The van der Waals surface area contributed by atoms with Crippen LogP contribution in [-0.4, -0.2) is 180 Å². The van der Waals surface area contributed by atoms with Gasteiger partial charge in [0.1, 0.15) is 78.7 Å². The van der Waals surface area contributed by atoms with Gasteiger partial charge in [0.15, 0.2) is 34.0 Å². The Morgan fingerprint density at radius 3 is 1.29 bits per heavy atom.